The zero-order chi connectivity index (χ0) is 22.8. The third-order valence-electron chi connectivity index (χ3n) is 6.13. The molecular weight excluding hydrogens is 412 g/mol. The molecule has 0 amide bonds. The molecule has 7 nitrogen and oxygen atoms in total. The van der Waals surface area contributed by atoms with Gasteiger partial charge in [-0.1, -0.05) is 36.4 Å². The molecule has 1 aliphatic rings. The number of fused-ring (bicyclic) bond motifs is 1. The third-order valence-corrected chi connectivity index (χ3v) is 6.13. The molecule has 0 bridgehead atoms. The molecule has 0 radical (unpaired) electrons. The number of nitriles is 1. The summed E-state index contributed by atoms with van der Waals surface area (Å²) in [7, 11) is 0. The fourth-order valence-corrected chi connectivity index (χ4v) is 4.08. The predicted octanol–water partition coefficient (Wildman–Crippen LogP) is 4.02. The highest BCUT2D eigenvalue weighted by molar-refractivity contribution is 5.73. The molecule has 0 unspecified atom stereocenters. The molecule has 33 heavy (non-hydrogen) atoms. The predicted molar refractivity (Wildman–Crippen MR) is 127 cm³/mol. The van der Waals surface area contributed by atoms with Gasteiger partial charge in [-0.25, -0.2) is 9.50 Å². The average molecular weight is 439 g/mol. The first-order valence-corrected chi connectivity index (χ1v) is 11.2. The van der Waals surface area contributed by atoms with Gasteiger partial charge in [0.1, 0.15) is 5.69 Å². The van der Waals surface area contributed by atoms with Crippen molar-refractivity contribution in [3.63, 3.8) is 0 Å². The summed E-state index contributed by atoms with van der Waals surface area (Å²) in [6.45, 7) is 7.25. The van der Waals surface area contributed by atoms with Crippen LogP contribution in [0.25, 0.3) is 16.9 Å². The molecular formula is C26H26N6O. The van der Waals surface area contributed by atoms with E-state index in [1.54, 1.807) is 10.7 Å². The van der Waals surface area contributed by atoms with Gasteiger partial charge in [-0.3, -0.25) is 4.98 Å². The summed E-state index contributed by atoms with van der Waals surface area (Å²) in [5.41, 5.74) is 5.29. The zero-order valence-electron chi connectivity index (χ0n) is 18.9. The Morgan fingerprint density at radius 1 is 1.03 bits per heavy atom. The molecule has 0 spiro atoms. The van der Waals surface area contributed by atoms with Crippen molar-refractivity contribution in [2.45, 2.75) is 25.7 Å². The summed E-state index contributed by atoms with van der Waals surface area (Å²) in [5, 5.41) is 14.1. The second-order valence-electron chi connectivity index (χ2n) is 8.83. The van der Waals surface area contributed by atoms with Crippen LogP contribution in [0, 0.1) is 11.3 Å². The monoisotopic (exact) mass is 438 g/mol. The van der Waals surface area contributed by atoms with Gasteiger partial charge in [0.2, 0.25) is 0 Å². The minimum atomic E-state index is -0.530. The van der Waals surface area contributed by atoms with E-state index < -0.39 is 5.41 Å². The Morgan fingerprint density at radius 3 is 2.45 bits per heavy atom. The van der Waals surface area contributed by atoms with Crippen molar-refractivity contribution in [3.8, 4) is 17.3 Å². The topological polar surface area (TPSA) is 79.3 Å². The Hall–Kier alpha value is -3.76. The molecule has 1 aliphatic heterocycles. The van der Waals surface area contributed by atoms with Crippen molar-refractivity contribution in [2.24, 2.45) is 0 Å². The first-order chi connectivity index (χ1) is 16.0. The number of hydrogen-bond donors (Lipinski definition) is 0. The van der Waals surface area contributed by atoms with Crippen molar-refractivity contribution in [1.82, 2.24) is 19.6 Å². The summed E-state index contributed by atoms with van der Waals surface area (Å²) in [4.78, 5) is 11.7. The van der Waals surface area contributed by atoms with E-state index >= 15 is 0 Å². The second kappa shape index (κ2) is 8.64. The van der Waals surface area contributed by atoms with Crippen molar-refractivity contribution >= 4 is 11.3 Å². The summed E-state index contributed by atoms with van der Waals surface area (Å²) < 4.78 is 7.23. The number of rotatable bonds is 5. The highest BCUT2D eigenvalue weighted by Crippen LogP contribution is 2.27. The van der Waals surface area contributed by atoms with Crippen LogP contribution < -0.4 is 4.90 Å². The van der Waals surface area contributed by atoms with Crippen molar-refractivity contribution in [3.05, 3.63) is 77.9 Å². The average Bonchev–Trinajstić information content (AvgIpc) is 3.27. The molecule has 2 aromatic heterocycles. The lowest BCUT2D eigenvalue weighted by atomic mass is 9.86. The third kappa shape index (κ3) is 4.30. The number of nitrogens with zero attached hydrogens (tertiary/aromatic N) is 6. The first kappa shape index (κ1) is 21.1. The van der Waals surface area contributed by atoms with Crippen LogP contribution in [-0.2, 0) is 16.6 Å². The molecule has 0 aliphatic carbocycles. The van der Waals surface area contributed by atoms with Gasteiger partial charge in [0, 0.05) is 43.2 Å². The lowest BCUT2D eigenvalue weighted by molar-refractivity contribution is 0.122. The van der Waals surface area contributed by atoms with Gasteiger partial charge in [0.05, 0.1) is 24.7 Å². The number of ether oxygens (including phenoxy) is 1. The molecule has 2 aromatic carbocycles. The van der Waals surface area contributed by atoms with Crippen LogP contribution >= 0.6 is 0 Å². The number of aromatic nitrogens is 4. The van der Waals surface area contributed by atoms with Gasteiger partial charge >= 0.3 is 0 Å². The fourth-order valence-electron chi connectivity index (χ4n) is 4.08. The van der Waals surface area contributed by atoms with E-state index in [2.05, 4.69) is 45.3 Å². The Morgan fingerprint density at radius 2 is 1.76 bits per heavy atom. The highest BCUT2D eigenvalue weighted by Gasteiger charge is 2.20. The SMILES string of the molecule is CC(C)(C#N)c1ccc(-c2nccn3nc(Cc4ccc(N5CCOCC5)cc4)nc23)cc1. The lowest BCUT2D eigenvalue weighted by Gasteiger charge is -2.28. The van der Waals surface area contributed by atoms with E-state index in [0.717, 1.165) is 54.6 Å². The van der Waals surface area contributed by atoms with Crippen LogP contribution in [0.15, 0.2) is 60.9 Å². The quantitative estimate of drug-likeness (QED) is 0.468. The summed E-state index contributed by atoms with van der Waals surface area (Å²) in [6.07, 6.45) is 4.22. The smallest absolute Gasteiger partial charge is 0.181 e. The molecule has 7 heteroatoms. The van der Waals surface area contributed by atoms with Gasteiger partial charge in [-0.2, -0.15) is 10.4 Å². The van der Waals surface area contributed by atoms with Crippen LogP contribution in [-0.4, -0.2) is 45.9 Å². The Kier molecular flexibility index (Phi) is 5.53. The lowest BCUT2D eigenvalue weighted by Crippen LogP contribution is -2.36. The number of anilines is 1. The summed E-state index contributed by atoms with van der Waals surface area (Å²) in [6, 6.07) is 18.9. The molecule has 0 saturated carbocycles. The minimum absolute atomic E-state index is 0.530. The van der Waals surface area contributed by atoms with E-state index in [4.69, 9.17) is 9.72 Å². The molecule has 0 N–H and O–H groups in total. The zero-order valence-corrected chi connectivity index (χ0v) is 18.9. The van der Waals surface area contributed by atoms with Gasteiger partial charge < -0.3 is 9.64 Å². The normalized spacial score (nSPS) is 14.4. The van der Waals surface area contributed by atoms with E-state index in [0.29, 0.717) is 6.42 Å². The molecule has 0 atom stereocenters. The van der Waals surface area contributed by atoms with E-state index in [-0.39, 0.29) is 0 Å². The molecule has 3 heterocycles. The van der Waals surface area contributed by atoms with Gasteiger partial charge in [0.15, 0.2) is 11.5 Å². The van der Waals surface area contributed by atoms with E-state index in [1.165, 1.54) is 11.3 Å². The molecule has 166 valence electrons. The van der Waals surface area contributed by atoms with Gasteiger partial charge in [0.25, 0.3) is 0 Å². The fraction of sp³-hybridized carbons (Fsp3) is 0.308. The van der Waals surface area contributed by atoms with Crippen molar-refractivity contribution < 1.29 is 4.74 Å². The van der Waals surface area contributed by atoms with Crippen molar-refractivity contribution in [2.75, 3.05) is 31.2 Å². The maximum absolute atomic E-state index is 9.39. The second-order valence-corrected chi connectivity index (χ2v) is 8.83. The van der Waals surface area contributed by atoms with E-state index in [1.807, 2.05) is 44.3 Å². The molecule has 4 aromatic rings. The van der Waals surface area contributed by atoms with Crippen LogP contribution in [0.3, 0.4) is 0 Å². The molecule has 1 saturated heterocycles. The van der Waals surface area contributed by atoms with Crippen molar-refractivity contribution in [1.29, 1.82) is 5.26 Å². The van der Waals surface area contributed by atoms with Crippen LogP contribution in [0.4, 0.5) is 5.69 Å². The van der Waals surface area contributed by atoms with Gasteiger partial charge in [-0.05, 0) is 37.1 Å². The molecule has 5 rings (SSSR count). The Balaban J connectivity index is 1.38. The van der Waals surface area contributed by atoms with Crippen LogP contribution in [0.1, 0.15) is 30.8 Å². The Labute approximate surface area is 193 Å². The number of hydrogen-bond acceptors (Lipinski definition) is 6. The van der Waals surface area contributed by atoms with E-state index in [9.17, 15) is 5.26 Å². The number of benzene rings is 2. The van der Waals surface area contributed by atoms with Gasteiger partial charge in [-0.15, -0.1) is 0 Å². The minimum Gasteiger partial charge on any atom is -0.378 e. The Bertz CT molecular complexity index is 1300. The largest absolute Gasteiger partial charge is 0.378 e. The summed E-state index contributed by atoms with van der Waals surface area (Å²) >= 11 is 0. The van der Waals surface area contributed by atoms with Crippen LogP contribution in [0.5, 0.6) is 0 Å². The standard InChI is InChI=1S/C26H26N6O/c1-26(2,18-27)21-7-5-20(6-8-21)24-25-29-23(30-32(25)12-11-28-24)17-19-3-9-22(10-4-19)31-13-15-33-16-14-31/h3-12H,13-17H2,1-2H3. The maximum Gasteiger partial charge on any atom is 0.181 e. The van der Waals surface area contributed by atoms with Crippen LogP contribution in [0.2, 0.25) is 0 Å². The highest BCUT2D eigenvalue weighted by atomic mass is 16.5. The maximum atomic E-state index is 9.39. The first-order valence-electron chi connectivity index (χ1n) is 11.2. The number of morpholine rings is 1. The molecule has 1 fully saturated rings. The summed E-state index contributed by atoms with van der Waals surface area (Å²) in [5.74, 6) is 0.755.